The monoisotopic (exact) mass is 339 g/mol. The summed E-state index contributed by atoms with van der Waals surface area (Å²) in [6, 6.07) is 21.8. The second-order valence-electron chi connectivity index (χ2n) is 5.73. The summed E-state index contributed by atoms with van der Waals surface area (Å²) in [6.45, 7) is 0.0229. The van der Waals surface area contributed by atoms with Crippen molar-refractivity contribution < 1.29 is 13.9 Å². The fourth-order valence-corrected chi connectivity index (χ4v) is 3.21. The minimum atomic E-state index is -1.25. The van der Waals surface area contributed by atoms with Crippen LogP contribution < -0.4 is 5.32 Å². The zero-order valence-electron chi connectivity index (χ0n) is 13.6. The lowest BCUT2D eigenvalue weighted by molar-refractivity contribution is 0.274. The van der Waals surface area contributed by atoms with Gasteiger partial charge in [0.1, 0.15) is 17.2 Å². The first-order chi connectivity index (χ1) is 12.2. The van der Waals surface area contributed by atoms with Gasteiger partial charge in [-0.2, -0.15) is 0 Å². The first kappa shape index (κ1) is 17.3. The molecule has 0 amide bonds. The van der Waals surface area contributed by atoms with E-state index in [0.717, 1.165) is 0 Å². The molecule has 0 saturated carbocycles. The Morgan fingerprint density at radius 1 is 0.720 bits per heavy atom. The van der Waals surface area contributed by atoms with Crippen LogP contribution in [0.3, 0.4) is 0 Å². The van der Waals surface area contributed by atoms with E-state index in [1.54, 1.807) is 36.4 Å². The van der Waals surface area contributed by atoms with E-state index >= 15 is 0 Å². The van der Waals surface area contributed by atoms with E-state index in [0.29, 0.717) is 16.7 Å². The molecule has 2 N–H and O–H groups in total. The molecule has 0 unspecified atom stereocenters. The molecule has 128 valence electrons. The molecule has 3 rings (SSSR count). The summed E-state index contributed by atoms with van der Waals surface area (Å²) in [5.74, 6) is -0.889. The van der Waals surface area contributed by atoms with Crippen LogP contribution in [0.25, 0.3) is 0 Å². The summed E-state index contributed by atoms with van der Waals surface area (Å²) in [4.78, 5) is 0. The molecule has 0 spiro atoms. The van der Waals surface area contributed by atoms with Crippen molar-refractivity contribution in [2.45, 2.75) is 5.54 Å². The highest BCUT2D eigenvalue weighted by Crippen LogP contribution is 2.39. The molecule has 3 aromatic carbocycles. The van der Waals surface area contributed by atoms with E-state index in [1.807, 2.05) is 30.3 Å². The first-order valence-electron chi connectivity index (χ1n) is 8.11. The van der Waals surface area contributed by atoms with Crippen LogP contribution in [0.2, 0.25) is 0 Å². The van der Waals surface area contributed by atoms with Gasteiger partial charge in [0.25, 0.3) is 0 Å². The van der Waals surface area contributed by atoms with Gasteiger partial charge in [-0.15, -0.1) is 0 Å². The number of halogens is 2. The number of hydrogen-bond acceptors (Lipinski definition) is 2. The fraction of sp³-hybridized carbons (Fsp3) is 0.143. The molecule has 2 nitrogen and oxygen atoms in total. The molecule has 3 aromatic rings. The second kappa shape index (κ2) is 7.55. The molecule has 25 heavy (non-hydrogen) atoms. The number of aliphatic hydroxyl groups excluding tert-OH is 1. The van der Waals surface area contributed by atoms with Gasteiger partial charge in [-0.05, 0) is 17.7 Å². The number of benzene rings is 3. The average Bonchev–Trinajstić information content (AvgIpc) is 2.65. The lowest BCUT2D eigenvalue weighted by Gasteiger charge is -2.37. The molecule has 0 aromatic heterocycles. The van der Waals surface area contributed by atoms with E-state index in [4.69, 9.17) is 0 Å². The van der Waals surface area contributed by atoms with Crippen molar-refractivity contribution in [3.05, 3.63) is 107 Å². The third kappa shape index (κ3) is 3.18. The maximum absolute atomic E-state index is 14.8. The Morgan fingerprint density at radius 3 is 1.68 bits per heavy atom. The van der Waals surface area contributed by atoms with Gasteiger partial charge in [0.15, 0.2) is 0 Å². The van der Waals surface area contributed by atoms with Crippen LogP contribution in [0.1, 0.15) is 16.7 Å². The molecule has 4 heteroatoms. The lowest BCUT2D eigenvalue weighted by Crippen LogP contribution is -2.47. The van der Waals surface area contributed by atoms with Gasteiger partial charge >= 0.3 is 0 Å². The Labute approximate surface area is 145 Å². The van der Waals surface area contributed by atoms with Gasteiger partial charge < -0.3 is 5.11 Å². The minimum absolute atomic E-state index is 0.155. The Kier molecular flexibility index (Phi) is 5.22. The minimum Gasteiger partial charge on any atom is -0.395 e. The predicted octanol–water partition coefficient (Wildman–Crippen LogP) is 3.84. The molecule has 0 radical (unpaired) electrons. The van der Waals surface area contributed by atoms with Gasteiger partial charge in [-0.1, -0.05) is 66.7 Å². The highest BCUT2D eigenvalue weighted by Gasteiger charge is 2.39. The Balaban J connectivity index is 2.36. The van der Waals surface area contributed by atoms with Crippen molar-refractivity contribution in [1.29, 1.82) is 0 Å². The highest BCUT2D eigenvalue weighted by molar-refractivity contribution is 5.50. The molecule has 0 heterocycles. The number of nitrogens with one attached hydrogen (secondary N) is 1. The van der Waals surface area contributed by atoms with E-state index in [9.17, 15) is 13.9 Å². The van der Waals surface area contributed by atoms with E-state index in [2.05, 4.69) is 5.32 Å². The second-order valence-corrected chi connectivity index (χ2v) is 5.73. The van der Waals surface area contributed by atoms with Crippen molar-refractivity contribution in [1.82, 2.24) is 5.32 Å². The van der Waals surface area contributed by atoms with Gasteiger partial charge in [-0.3, -0.25) is 5.32 Å². The zero-order chi connectivity index (χ0) is 17.7. The third-order valence-electron chi connectivity index (χ3n) is 4.26. The molecule has 0 aliphatic rings. The van der Waals surface area contributed by atoms with Gasteiger partial charge in [0, 0.05) is 17.7 Å². The maximum Gasteiger partial charge on any atom is 0.128 e. The molecule has 0 saturated heterocycles. The average molecular weight is 339 g/mol. The maximum atomic E-state index is 14.8. The lowest BCUT2D eigenvalue weighted by atomic mass is 9.76. The summed E-state index contributed by atoms with van der Waals surface area (Å²) >= 11 is 0. The van der Waals surface area contributed by atoms with Crippen LogP contribution >= 0.6 is 0 Å². The molecule has 0 aliphatic heterocycles. The van der Waals surface area contributed by atoms with Gasteiger partial charge in [-0.25, -0.2) is 8.78 Å². The Morgan fingerprint density at radius 2 is 1.20 bits per heavy atom. The summed E-state index contributed by atoms with van der Waals surface area (Å²) in [6.07, 6.45) is 0. The summed E-state index contributed by atoms with van der Waals surface area (Å²) in [5.41, 5.74) is 0.0545. The summed E-state index contributed by atoms with van der Waals surface area (Å²) < 4.78 is 29.6. The van der Waals surface area contributed by atoms with Crippen molar-refractivity contribution in [2.24, 2.45) is 0 Å². The highest BCUT2D eigenvalue weighted by atomic mass is 19.1. The Bertz CT molecular complexity index is 791. The largest absolute Gasteiger partial charge is 0.395 e. The standard InChI is InChI=1S/C21H19F2NO/c22-19-12-6-4-10-17(19)21(24-14-15-25,16-8-2-1-3-9-16)18-11-5-7-13-20(18)23/h1-13,24-25H,14-15H2. The number of aliphatic hydroxyl groups is 1. The molecule has 0 atom stereocenters. The van der Waals surface area contributed by atoms with Crippen LogP contribution in [0.4, 0.5) is 8.78 Å². The van der Waals surface area contributed by atoms with Crippen molar-refractivity contribution >= 4 is 0 Å². The normalized spacial score (nSPS) is 11.5. The van der Waals surface area contributed by atoms with Crippen LogP contribution in [0.5, 0.6) is 0 Å². The smallest absolute Gasteiger partial charge is 0.128 e. The molecular weight excluding hydrogens is 320 g/mol. The van der Waals surface area contributed by atoms with E-state index in [-0.39, 0.29) is 13.2 Å². The summed E-state index contributed by atoms with van der Waals surface area (Å²) in [7, 11) is 0. The molecular formula is C21H19F2NO. The van der Waals surface area contributed by atoms with Crippen molar-refractivity contribution in [3.63, 3.8) is 0 Å². The third-order valence-corrected chi connectivity index (χ3v) is 4.26. The first-order valence-corrected chi connectivity index (χ1v) is 8.11. The van der Waals surface area contributed by atoms with Crippen molar-refractivity contribution in [3.8, 4) is 0 Å². The van der Waals surface area contributed by atoms with Crippen molar-refractivity contribution in [2.75, 3.05) is 13.2 Å². The number of hydrogen-bond donors (Lipinski definition) is 2. The topological polar surface area (TPSA) is 32.3 Å². The van der Waals surface area contributed by atoms with Crippen LogP contribution in [-0.4, -0.2) is 18.3 Å². The zero-order valence-corrected chi connectivity index (χ0v) is 13.6. The quantitative estimate of drug-likeness (QED) is 0.669. The van der Waals surface area contributed by atoms with Gasteiger partial charge in [0.05, 0.1) is 6.61 Å². The molecule has 0 fully saturated rings. The SMILES string of the molecule is OCCNC(c1ccccc1)(c1ccccc1F)c1ccccc1F. The van der Waals surface area contributed by atoms with Crippen LogP contribution in [-0.2, 0) is 5.54 Å². The van der Waals surface area contributed by atoms with Crippen LogP contribution in [0.15, 0.2) is 78.9 Å². The Hall–Kier alpha value is -2.56. The number of rotatable bonds is 6. The molecule has 0 bridgehead atoms. The van der Waals surface area contributed by atoms with Crippen LogP contribution in [0, 0.1) is 11.6 Å². The fourth-order valence-electron chi connectivity index (χ4n) is 3.21. The van der Waals surface area contributed by atoms with Gasteiger partial charge in [0.2, 0.25) is 0 Å². The predicted molar refractivity (Wildman–Crippen MR) is 94.2 cm³/mol. The summed E-state index contributed by atoms with van der Waals surface area (Å²) in [5, 5.41) is 12.5. The van der Waals surface area contributed by atoms with E-state index < -0.39 is 17.2 Å². The van der Waals surface area contributed by atoms with E-state index in [1.165, 1.54) is 12.1 Å². The molecule has 0 aliphatic carbocycles.